The maximum Gasteiger partial charge on any atom is 0.259 e. The van der Waals surface area contributed by atoms with Crippen molar-refractivity contribution < 1.29 is 9.53 Å². The normalized spacial score (nSPS) is 12.9. The molecule has 0 heterocycles. The zero-order valence-corrected chi connectivity index (χ0v) is 11.8. The molecule has 0 saturated heterocycles. The summed E-state index contributed by atoms with van der Waals surface area (Å²) in [5, 5.41) is 20.5. The van der Waals surface area contributed by atoms with E-state index in [0.29, 0.717) is 11.3 Å². The highest BCUT2D eigenvalue weighted by molar-refractivity contribution is 5.78. The van der Waals surface area contributed by atoms with Crippen LogP contribution in [0, 0.1) is 28.6 Å². The number of benzene rings is 1. The SMILES string of the molecule is CC(C)[C@@](C)(C#N)NC(=O)COc1cccc(C#N)c1. The predicted molar refractivity (Wildman–Crippen MR) is 73.7 cm³/mol. The number of carbonyl (C=O) groups is 1. The number of amides is 1. The number of ether oxygens (including phenoxy) is 1. The fraction of sp³-hybridized carbons (Fsp3) is 0.400. The molecule has 104 valence electrons. The second kappa shape index (κ2) is 6.58. The molecule has 0 radical (unpaired) electrons. The average molecular weight is 271 g/mol. The van der Waals surface area contributed by atoms with E-state index >= 15 is 0 Å². The van der Waals surface area contributed by atoms with E-state index in [1.54, 1.807) is 31.2 Å². The van der Waals surface area contributed by atoms with Crippen LogP contribution < -0.4 is 10.1 Å². The predicted octanol–water partition coefficient (Wildman–Crippen LogP) is 1.99. The zero-order valence-electron chi connectivity index (χ0n) is 11.8. The first-order valence-corrected chi connectivity index (χ1v) is 6.26. The van der Waals surface area contributed by atoms with Crippen molar-refractivity contribution >= 4 is 5.91 Å². The van der Waals surface area contributed by atoms with Crippen LogP contribution in [-0.4, -0.2) is 18.1 Å². The Morgan fingerprint density at radius 3 is 2.70 bits per heavy atom. The lowest BCUT2D eigenvalue weighted by Crippen LogP contribution is -2.50. The summed E-state index contributed by atoms with van der Waals surface area (Å²) in [6.45, 7) is 5.20. The van der Waals surface area contributed by atoms with Gasteiger partial charge in [-0.1, -0.05) is 19.9 Å². The maximum absolute atomic E-state index is 11.8. The molecule has 0 saturated carbocycles. The van der Waals surface area contributed by atoms with Gasteiger partial charge >= 0.3 is 0 Å². The molecule has 0 fully saturated rings. The molecule has 0 unspecified atom stereocenters. The fourth-order valence-electron chi connectivity index (χ4n) is 1.43. The molecule has 1 amide bonds. The molecule has 20 heavy (non-hydrogen) atoms. The minimum atomic E-state index is -0.922. The van der Waals surface area contributed by atoms with Crippen molar-refractivity contribution in [1.82, 2.24) is 5.32 Å². The van der Waals surface area contributed by atoms with Gasteiger partial charge in [0.1, 0.15) is 11.3 Å². The Morgan fingerprint density at radius 1 is 1.45 bits per heavy atom. The highest BCUT2D eigenvalue weighted by Crippen LogP contribution is 2.15. The van der Waals surface area contributed by atoms with Crippen LogP contribution in [0.1, 0.15) is 26.3 Å². The standard InChI is InChI=1S/C15H17N3O2/c1-11(2)15(3,10-17)18-14(19)9-20-13-6-4-5-12(7-13)8-16/h4-7,11H,9H2,1-3H3,(H,18,19)/t15-/m1/s1. The number of rotatable bonds is 5. The molecule has 5 heteroatoms. The van der Waals surface area contributed by atoms with Gasteiger partial charge in [-0.15, -0.1) is 0 Å². The van der Waals surface area contributed by atoms with Crippen molar-refractivity contribution in [1.29, 1.82) is 10.5 Å². The van der Waals surface area contributed by atoms with Crippen LogP contribution in [0.5, 0.6) is 5.75 Å². The highest BCUT2D eigenvalue weighted by atomic mass is 16.5. The van der Waals surface area contributed by atoms with Crippen molar-refractivity contribution in [3.8, 4) is 17.9 Å². The van der Waals surface area contributed by atoms with Crippen molar-refractivity contribution in [2.24, 2.45) is 5.92 Å². The zero-order chi connectivity index (χ0) is 15.2. The Bertz CT molecular complexity index is 569. The van der Waals surface area contributed by atoms with Crippen molar-refractivity contribution in [2.75, 3.05) is 6.61 Å². The Morgan fingerprint density at radius 2 is 2.15 bits per heavy atom. The fourth-order valence-corrected chi connectivity index (χ4v) is 1.43. The van der Waals surface area contributed by atoms with E-state index in [0.717, 1.165) is 0 Å². The van der Waals surface area contributed by atoms with Crippen LogP contribution in [-0.2, 0) is 4.79 Å². The van der Waals surface area contributed by atoms with Gasteiger partial charge in [0.25, 0.3) is 5.91 Å². The minimum absolute atomic E-state index is 0.0154. The van der Waals surface area contributed by atoms with Gasteiger partial charge in [-0.25, -0.2) is 0 Å². The van der Waals surface area contributed by atoms with Gasteiger partial charge in [0, 0.05) is 0 Å². The van der Waals surface area contributed by atoms with Crippen molar-refractivity contribution in [2.45, 2.75) is 26.3 Å². The lowest BCUT2D eigenvalue weighted by molar-refractivity contribution is -0.124. The van der Waals surface area contributed by atoms with Crippen LogP contribution >= 0.6 is 0 Å². The summed E-state index contributed by atoms with van der Waals surface area (Å²) in [6, 6.07) is 10.6. The van der Waals surface area contributed by atoms with Gasteiger partial charge in [-0.3, -0.25) is 4.79 Å². The third kappa shape index (κ3) is 4.00. The molecule has 1 aromatic rings. The third-order valence-corrected chi connectivity index (χ3v) is 3.12. The summed E-state index contributed by atoms with van der Waals surface area (Å²) in [7, 11) is 0. The Labute approximate surface area is 118 Å². The first-order chi connectivity index (χ1) is 9.41. The maximum atomic E-state index is 11.8. The molecule has 0 bridgehead atoms. The van der Waals surface area contributed by atoms with Gasteiger partial charge in [0.05, 0.1) is 17.7 Å². The summed E-state index contributed by atoms with van der Waals surface area (Å²) >= 11 is 0. The van der Waals surface area contributed by atoms with E-state index in [4.69, 9.17) is 15.3 Å². The molecule has 0 aliphatic carbocycles. The summed E-state index contributed by atoms with van der Waals surface area (Å²) in [4.78, 5) is 11.8. The molecule has 1 aromatic carbocycles. The largest absolute Gasteiger partial charge is 0.484 e. The quantitative estimate of drug-likeness (QED) is 0.887. The summed E-state index contributed by atoms with van der Waals surface area (Å²) < 4.78 is 5.31. The first-order valence-electron chi connectivity index (χ1n) is 6.26. The summed E-state index contributed by atoms with van der Waals surface area (Å²) in [6.07, 6.45) is 0. The van der Waals surface area contributed by atoms with Gasteiger partial charge < -0.3 is 10.1 Å². The number of hydrogen-bond donors (Lipinski definition) is 1. The molecule has 1 atom stereocenters. The van der Waals surface area contributed by atoms with Gasteiger partial charge in [0.15, 0.2) is 6.61 Å². The smallest absolute Gasteiger partial charge is 0.259 e. The Hall–Kier alpha value is -2.53. The molecule has 0 aliphatic rings. The second-order valence-corrected chi connectivity index (χ2v) is 4.95. The van der Waals surface area contributed by atoms with Crippen LogP contribution in [0.4, 0.5) is 0 Å². The van der Waals surface area contributed by atoms with Crippen molar-refractivity contribution in [3.05, 3.63) is 29.8 Å². The summed E-state index contributed by atoms with van der Waals surface area (Å²) in [5.41, 5.74) is -0.457. The van der Waals surface area contributed by atoms with Crippen LogP contribution in [0.15, 0.2) is 24.3 Å². The van der Waals surface area contributed by atoms with E-state index in [-0.39, 0.29) is 18.4 Å². The van der Waals surface area contributed by atoms with Gasteiger partial charge in [-0.2, -0.15) is 10.5 Å². The lowest BCUT2D eigenvalue weighted by atomic mass is 9.90. The van der Waals surface area contributed by atoms with Gasteiger partial charge in [0.2, 0.25) is 0 Å². The topological polar surface area (TPSA) is 85.9 Å². The number of carbonyl (C=O) groups excluding carboxylic acids is 1. The second-order valence-electron chi connectivity index (χ2n) is 4.95. The van der Waals surface area contributed by atoms with Crippen LogP contribution in [0.2, 0.25) is 0 Å². The Balaban J connectivity index is 2.60. The molecule has 0 spiro atoms. The average Bonchev–Trinajstić information content (AvgIpc) is 2.45. The lowest BCUT2D eigenvalue weighted by Gasteiger charge is -2.27. The highest BCUT2D eigenvalue weighted by Gasteiger charge is 2.29. The van der Waals surface area contributed by atoms with Crippen molar-refractivity contribution in [3.63, 3.8) is 0 Å². The van der Waals surface area contributed by atoms with Gasteiger partial charge in [-0.05, 0) is 31.0 Å². The van der Waals surface area contributed by atoms with E-state index in [1.165, 1.54) is 0 Å². The van der Waals surface area contributed by atoms with E-state index in [2.05, 4.69) is 11.4 Å². The molecule has 0 aliphatic heterocycles. The molecular formula is C15H17N3O2. The molecule has 5 nitrogen and oxygen atoms in total. The van der Waals surface area contributed by atoms with Crippen LogP contribution in [0.3, 0.4) is 0 Å². The molecule has 0 aromatic heterocycles. The Kier molecular flexibility index (Phi) is 5.11. The molecule has 1 rings (SSSR count). The number of hydrogen-bond acceptors (Lipinski definition) is 4. The molecular weight excluding hydrogens is 254 g/mol. The van der Waals surface area contributed by atoms with E-state index in [1.807, 2.05) is 19.9 Å². The first kappa shape index (κ1) is 15.5. The number of nitriles is 2. The number of nitrogens with one attached hydrogen (secondary N) is 1. The van der Waals surface area contributed by atoms with E-state index in [9.17, 15) is 4.79 Å². The third-order valence-electron chi connectivity index (χ3n) is 3.12. The number of nitrogens with zero attached hydrogens (tertiary/aromatic N) is 2. The summed E-state index contributed by atoms with van der Waals surface area (Å²) in [5.74, 6) is 0.0610. The van der Waals surface area contributed by atoms with E-state index < -0.39 is 5.54 Å². The minimum Gasteiger partial charge on any atom is -0.484 e. The monoisotopic (exact) mass is 271 g/mol. The molecule has 1 N–H and O–H groups in total. The van der Waals surface area contributed by atoms with Crippen LogP contribution in [0.25, 0.3) is 0 Å².